The zero-order valence-electron chi connectivity index (χ0n) is 10.4. The van der Waals surface area contributed by atoms with Gasteiger partial charge in [0.2, 0.25) is 5.91 Å². The third-order valence-electron chi connectivity index (χ3n) is 2.80. The molecule has 3 amide bonds. The van der Waals surface area contributed by atoms with Crippen molar-refractivity contribution >= 4 is 11.9 Å². The molecule has 0 bridgehead atoms. The SMILES string of the molecule is CNC(=O)NC(=O)C(C)NCCC1CCCO1. The van der Waals surface area contributed by atoms with Gasteiger partial charge in [-0.15, -0.1) is 0 Å². The van der Waals surface area contributed by atoms with E-state index in [1.807, 2.05) is 0 Å². The van der Waals surface area contributed by atoms with Crippen LogP contribution in [0.5, 0.6) is 0 Å². The molecule has 6 nitrogen and oxygen atoms in total. The fraction of sp³-hybridized carbons (Fsp3) is 0.818. The molecule has 6 heteroatoms. The maximum absolute atomic E-state index is 11.5. The van der Waals surface area contributed by atoms with Crippen molar-refractivity contribution in [2.45, 2.75) is 38.3 Å². The van der Waals surface area contributed by atoms with Crippen LogP contribution in [0.3, 0.4) is 0 Å². The molecule has 17 heavy (non-hydrogen) atoms. The molecule has 0 aliphatic carbocycles. The van der Waals surface area contributed by atoms with Gasteiger partial charge in [-0.3, -0.25) is 10.1 Å². The lowest BCUT2D eigenvalue weighted by molar-refractivity contribution is -0.121. The van der Waals surface area contributed by atoms with Crippen LogP contribution in [0.15, 0.2) is 0 Å². The van der Waals surface area contributed by atoms with Crippen LogP contribution in [0.4, 0.5) is 4.79 Å². The summed E-state index contributed by atoms with van der Waals surface area (Å²) in [5, 5.41) is 7.62. The number of imide groups is 1. The van der Waals surface area contributed by atoms with Gasteiger partial charge in [0.25, 0.3) is 0 Å². The zero-order valence-corrected chi connectivity index (χ0v) is 10.4. The number of carbonyl (C=O) groups is 2. The van der Waals surface area contributed by atoms with Crippen molar-refractivity contribution in [1.82, 2.24) is 16.0 Å². The van der Waals surface area contributed by atoms with Crippen molar-refractivity contribution in [2.24, 2.45) is 0 Å². The Hall–Kier alpha value is -1.14. The highest BCUT2D eigenvalue weighted by Crippen LogP contribution is 2.14. The van der Waals surface area contributed by atoms with Crippen molar-refractivity contribution < 1.29 is 14.3 Å². The first-order valence-corrected chi connectivity index (χ1v) is 6.01. The molecule has 1 saturated heterocycles. The smallest absolute Gasteiger partial charge is 0.321 e. The minimum Gasteiger partial charge on any atom is -0.378 e. The van der Waals surface area contributed by atoms with Crippen molar-refractivity contribution in [1.29, 1.82) is 0 Å². The lowest BCUT2D eigenvalue weighted by atomic mass is 10.2. The molecule has 0 saturated carbocycles. The molecule has 1 fully saturated rings. The molecule has 1 aliphatic heterocycles. The summed E-state index contributed by atoms with van der Waals surface area (Å²) in [6, 6.07) is -0.864. The Morgan fingerprint density at radius 1 is 1.47 bits per heavy atom. The Balaban J connectivity index is 2.12. The maximum atomic E-state index is 11.5. The molecule has 2 atom stereocenters. The second kappa shape index (κ2) is 7.24. The quantitative estimate of drug-likeness (QED) is 0.634. The topological polar surface area (TPSA) is 79.5 Å². The molecule has 0 spiro atoms. The van der Waals surface area contributed by atoms with E-state index < -0.39 is 6.03 Å². The molecule has 1 aliphatic rings. The molecule has 98 valence electrons. The monoisotopic (exact) mass is 243 g/mol. The Morgan fingerprint density at radius 2 is 2.24 bits per heavy atom. The van der Waals surface area contributed by atoms with Crippen molar-refractivity contribution in [3.8, 4) is 0 Å². The lowest BCUT2D eigenvalue weighted by Gasteiger charge is -2.15. The Labute approximate surface area is 101 Å². The Bertz CT molecular complexity index is 265. The van der Waals surface area contributed by atoms with E-state index in [4.69, 9.17) is 4.74 Å². The normalized spacial score (nSPS) is 20.9. The lowest BCUT2D eigenvalue weighted by Crippen LogP contribution is -2.47. The highest BCUT2D eigenvalue weighted by atomic mass is 16.5. The standard InChI is InChI=1S/C11H21N3O3/c1-8(10(15)14-11(16)12-2)13-6-5-9-4-3-7-17-9/h8-9,13H,3-7H2,1-2H3,(H2,12,14,15,16). The van der Waals surface area contributed by atoms with Crippen molar-refractivity contribution in [2.75, 3.05) is 20.2 Å². The largest absolute Gasteiger partial charge is 0.378 e. The average Bonchev–Trinajstić information content (AvgIpc) is 2.81. The predicted molar refractivity (Wildman–Crippen MR) is 63.7 cm³/mol. The number of ether oxygens (including phenoxy) is 1. The summed E-state index contributed by atoms with van der Waals surface area (Å²) in [4.78, 5) is 22.4. The van der Waals surface area contributed by atoms with Gasteiger partial charge in [-0.1, -0.05) is 0 Å². The summed E-state index contributed by atoms with van der Waals surface area (Å²) in [6.45, 7) is 3.29. The molecular weight excluding hydrogens is 222 g/mol. The van der Waals surface area contributed by atoms with Crippen LogP contribution in [0.1, 0.15) is 26.2 Å². The summed E-state index contributed by atoms with van der Waals surface area (Å²) in [5.41, 5.74) is 0. The van der Waals surface area contributed by atoms with E-state index in [-0.39, 0.29) is 11.9 Å². The van der Waals surface area contributed by atoms with Crippen molar-refractivity contribution in [3.05, 3.63) is 0 Å². The van der Waals surface area contributed by atoms with Gasteiger partial charge in [-0.25, -0.2) is 4.79 Å². The van der Waals surface area contributed by atoms with Gasteiger partial charge in [-0.05, 0) is 32.7 Å². The van der Waals surface area contributed by atoms with Gasteiger partial charge in [0.1, 0.15) is 0 Å². The average molecular weight is 243 g/mol. The number of urea groups is 1. The minimum atomic E-state index is -0.484. The second-order valence-electron chi connectivity index (χ2n) is 4.17. The van der Waals surface area contributed by atoms with Crippen LogP contribution >= 0.6 is 0 Å². The van der Waals surface area contributed by atoms with E-state index in [1.165, 1.54) is 7.05 Å². The van der Waals surface area contributed by atoms with Gasteiger partial charge in [0.15, 0.2) is 0 Å². The maximum Gasteiger partial charge on any atom is 0.321 e. The molecule has 1 rings (SSSR count). The molecule has 3 N–H and O–H groups in total. The highest BCUT2D eigenvalue weighted by Gasteiger charge is 2.17. The third-order valence-corrected chi connectivity index (χ3v) is 2.80. The number of rotatable bonds is 5. The molecule has 0 aromatic heterocycles. The summed E-state index contributed by atoms with van der Waals surface area (Å²) in [7, 11) is 1.47. The zero-order chi connectivity index (χ0) is 12.7. The Morgan fingerprint density at radius 3 is 2.82 bits per heavy atom. The number of amides is 3. The van der Waals surface area contributed by atoms with Crippen LogP contribution in [-0.4, -0.2) is 44.3 Å². The number of carbonyl (C=O) groups excluding carboxylic acids is 2. The van der Waals surface area contributed by atoms with Crippen molar-refractivity contribution in [3.63, 3.8) is 0 Å². The van der Waals surface area contributed by atoms with E-state index in [0.29, 0.717) is 12.6 Å². The fourth-order valence-electron chi connectivity index (χ4n) is 1.71. The molecule has 2 unspecified atom stereocenters. The molecule has 0 aromatic rings. The summed E-state index contributed by atoms with van der Waals surface area (Å²) in [6.07, 6.45) is 3.44. The first-order valence-electron chi connectivity index (χ1n) is 6.01. The second-order valence-corrected chi connectivity index (χ2v) is 4.17. The van der Waals surface area contributed by atoms with E-state index in [0.717, 1.165) is 25.9 Å². The molecular formula is C11H21N3O3. The van der Waals surface area contributed by atoms with E-state index in [1.54, 1.807) is 6.92 Å². The van der Waals surface area contributed by atoms with E-state index in [2.05, 4.69) is 16.0 Å². The van der Waals surface area contributed by atoms with Gasteiger partial charge in [0, 0.05) is 13.7 Å². The van der Waals surface area contributed by atoms with Crippen LogP contribution in [0.25, 0.3) is 0 Å². The summed E-state index contributed by atoms with van der Waals surface area (Å²) in [5.74, 6) is -0.323. The van der Waals surface area contributed by atoms with Crippen LogP contribution in [0.2, 0.25) is 0 Å². The molecule has 1 heterocycles. The fourth-order valence-corrected chi connectivity index (χ4v) is 1.71. The van der Waals surface area contributed by atoms with Crippen LogP contribution in [0, 0.1) is 0 Å². The Kier molecular flexibility index (Phi) is 5.93. The predicted octanol–water partition coefficient (Wildman–Crippen LogP) is -0.0108. The van der Waals surface area contributed by atoms with Crippen LogP contribution < -0.4 is 16.0 Å². The summed E-state index contributed by atoms with van der Waals surface area (Å²) >= 11 is 0. The van der Waals surface area contributed by atoms with E-state index in [9.17, 15) is 9.59 Å². The van der Waals surface area contributed by atoms with Gasteiger partial charge < -0.3 is 15.4 Å². The van der Waals surface area contributed by atoms with Gasteiger partial charge in [0.05, 0.1) is 12.1 Å². The van der Waals surface area contributed by atoms with Crippen LogP contribution in [-0.2, 0) is 9.53 Å². The van der Waals surface area contributed by atoms with Gasteiger partial charge in [-0.2, -0.15) is 0 Å². The minimum absolute atomic E-state index is 0.316. The third kappa shape index (κ3) is 5.14. The molecule has 0 radical (unpaired) electrons. The number of hydrogen-bond donors (Lipinski definition) is 3. The summed E-state index contributed by atoms with van der Waals surface area (Å²) < 4.78 is 5.47. The first-order chi connectivity index (χ1) is 8.13. The molecule has 0 aromatic carbocycles. The number of hydrogen-bond acceptors (Lipinski definition) is 4. The number of nitrogens with one attached hydrogen (secondary N) is 3. The first kappa shape index (κ1) is 13.9. The van der Waals surface area contributed by atoms with Gasteiger partial charge >= 0.3 is 6.03 Å². The van der Waals surface area contributed by atoms with E-state index >= 15 is 0 Å². The highest BCUT2D eigenvalue weighted by molar-refractivity contribution is 5.96.